The van der Waals surface area contributed by atoms with Gasteiger partial charge < -0.3 is 9.30 Å². The zero-order valence-electron chi connectivity index (χ0n) is 16.2. The number of aromatic nitrogens is 1. The van der Waals surface area contributed by atoms with Gasteiger partial charge in [0.25, 0.3) is 0 Å². The van der Waals surface area contributed by atoms with Crippen LogP contribution in [-0.4, -0.2) is 37.6 Å². The molecule has 0 bridgehead atoms. The van der Waals surface area contributed by atoms with E-state index in [4.69, 9.17) is 4.74 Å². The van der Waals surface area contributed by atoms with Crippen LogP contribution in [0.25, 0.3) is 0 Å². The molecule has 28 heavy (non-hydrogen) atoms. The number of ketones is 1. The minimum Gasteiger partial charge on any atom is -0.469 e. The summed E-state index contributed by atoms with van der Waals surface area (Å²) in [6, 6.07) is 9.64. The number of carbonyl (C=O) groups is 2. The highest BCUT2D eigenvalue weighted by Crippen LogP contribution is 2.31. The van der Waals surface area contributed by atoms with E-state index >= 15 is 0 Å². The van der Waals surface area contributed by atoms with Gasteiger partial charge in [-0.25, -0.2) is 8.42 Å². The molecular weight excluding hydrogens is 378 g/mol. The van der Waals surface area contributed by atoms with Crippen LogP contribution in [0, 0.1) is 0 Å². The normalized spacial score (nSPS) is 16.4. The summed E-state index contributed by atoms with van der Waals surface area (Å²) in [7, 11) is -1.95. The molecule has 2 aromatic rings. The third kappa shape index (κ3) is 3.90. The monoisotopic (exact) mass is 403 g/mol. The SMILES string of the molecule is CCCCS(=O)(=O)c1ccc(C(=O)c2ccc3n2CCCC3C(=O)OC)cc1. The van der Waals surface area contributed by atoms with Crippen LogP contribution in [0.4, 0.5) is 0 Å². The van der Waals surface area contributed by atoms with Crippen LogP contribution in [-0.2, 0) is 25.9 Å². The van der Waals surface area contributed by atoms with Crippen molar-refractivity contribution < 1.29 is 22.7 Å². The maximum absolute atomic E-state index is 13.0. The molecule has 1 unspecified atom stereocenters. The van der Waals surface area contributed by atoms with Crippen molar-refractivity contribution >= 4 is 21.6 Å². The number of rotatable bonds is 7. The van der Waals surface area contributed by atoms with Gasteiger partial charge in [-0.15, -0.1) is 0 Å². The molecule has 0 radical (unpaired) electrons. The van der Waals surface area contributed by atoms with Crippen molar-refractivity contribution in [2.75, 3.05) is 12.9 Å². The predicted octanol–water partition coefficient (Wildman–Crippen LogP) is 3.34. The lowest BCUT2D eigenvalue weighted by Crippen LogP contribution is -2.24. The minimum absolute atomic E-state index is 0.109. The third-order valence-corrected chi connectivity index (χ3v) is 7.02. The van der Waals surface area contributed by atoms with Gasteiger partial charge in [0.1, 0.15) is 0 Å². The first-order valence-corrected chi connectivity index (χ1v) is 11.2. The average Bonchev–Trinajstić information content (AvgIpc) is 3.15. The zero-order valence-corrected chi connectivity index (χ0v) is 17.0. The largest absolute Gasteiger partial charge is 0.469 e. The number of ether oxygens (including phenoxy) is 1. The molecule has 1 aromatic carbocycles. The summed E-state index contributed by atoms with van der Waals surface area (Å²) in [5.74, 6) is -0.724. The van der Waals surface area contributed by atoms with Crippen LogP contribution in [0.15, 0.2) is 41.3 Å². The van der Waals surface area contributed by atoms with Crippen molar-refractivity contribution in [2.24, 2.45) is 0 Å². The van der Waals surface area contributed by atoms with Gasteiger partial charge in [0.15, 0.2) is 9.84 Å². The van der Waals surface area contributed by atoms with E-state index in [2.05, 4.69) is 0 Å². The molecule has 1 atom stereocenters. The second kappa shape index (κ2) is 8.31. The summed E-state index contributed by atoms with van der Waals surface area (Å²) in [6.45, 7) is 2.61. The molecule has 6 nitrogen and oxygen atoms in total. The maximum atomic E-state index is 13.0. The van der Waals surface area contributed by atoms with E-state index in [1.807, 2.05) is 11.5 Å². The smallest absolute Gasteiger partial charge is 0.314 e. The molecule has 1 aliphatic rings. The van der Waals surface area contributed by atoms with E-state index < -0.39 is 9.84 Å². The Balaban J connectivity index is 1.86. The zero-order chi connectivity index (χ0) is 20.3. The van der Waals surface area contributed by atoms with E-state index in [1.54, 1.807) is 24.3 Å². The third-order valence-electron chi connectivity index (χ3n) is 5.21. The number of hydrogen-bond acceptors (Lipinski definition) is 5. The lowest BCUT2D eigenvalue weighted by molar-refractivity contribution is -0.143. The Labute approximate surface area is 165 Å². The van der Waals surface area contributed by atoms with E-state index in [-0.39, 0.29) is 28.3 Å². The van der Waals surface area contributed by atoms with Crippen LogP contribution in [0.2, 0.25) is 0 Å². The molecule has 150 valence electrons. The Kier molecular flexibility index (Phi) is 6.03. The second-order valence-corrected chi connectivity index (χ2v) is 9.15. The number of hydrogen-bond donors (Lipinski definition) is 0. The van der Waals surface area contributed by atoms with Gasteiger partial charge in [0, 0.05) is 17.8 Å². The average molecular weight is 404 g/mol. The molecule has 0 saturated heterocycles. The standard InChI is InChI=1S/C21H25NO5S/c1-3-4-14-28(25,26)16-9-7-15(8-10-16)20(23)19-12-11-18-17(21(24)27-2)6-5-13-22(18)19/h7-12,17H,3-6,13-14H2,1-2H3. The summed E-state index contributed by atoms with van der Waals surface area (Å²) < 4.78 is 31.3. The fourth-order valence-electron chi connectivity index (χ4n) is 3.63. The Morgan fingerprint density at radius 1 is 1.14 bits per heavy atom. The number of benzene rings is 1. The van der Waals surface area contributed by atoms with Crippen LogP contribution in [0.1, 0.15) is 60.3 Å². The van der Waals surface area contributed by atoms with E-state index in [1.165, 1.54) is 19.2 Å². The van der Waals surface area contributed by atoms with Crippen molar-refractivity contribution in [3.8, 4) is 0 Å². The fraction of sp³-hybridized carbons (Fsp3) is 0.429. The molecule has 0 amide bonds. The Morgan fingerprint density at radius 2 is 1.86 bits per heavy atom. The minimum atomic E-state index is -3.32. The van der Waals surface area contributed by atoms with E-state index in [0.29, 0.717) is 30.6 Å². The lowest BCUT2D eigenvalue weighted by atomic mass is 9.96. The van der Waals surface area contributed by atoms with Crippen LogP contribution < -0.4 is 0 Å². The highest BCUT2D eigenvalue weighted by atomic mass is 32.2. The van der Waals surface area contributed by atoms with E-state index in [9.17, 15) is 18.0 Å². The highest BCUT2D eigenvalue weighted by molar-refractivity contribution is 7.91. The molecule has 0 fully saturated rings. The Bertz CT molecular complexity index is 973. The number of unbranched alkanes of at least 4 members (excludes halogenated alkanes) is 1. The topological polar surface area (TPSA) is 82.4 Å². The quantitative estimate of drug-likeness (QED) is 0.523. The number of sulfone groups is 1. The maximum Gasteiger partial charge on any atom is 0.314 e. The predicted molar refractivity (Wildman–Crippen MR) is 105 cm³/mol. The molecule has 7 heteroatoms. The van der Waals surface area contributed by atoms with Gasteiger partial charge in [0.2, 0.25) is 5.78 Å². The molecule has 0 N–H and O–H groups in total. The summed E-state index contributed by atoms with van der Waals surface area (Å²) in [6.07, 6.45) is 2.91. The van der Waals surface area contributed by atoms with Gasteiger partial charge in [-0.2, -0.15) is 0 Å². The molecule has 0 spiro atoms. The Morgan fingerprint density at radius 3 is 2.50 bits per heavy atom. The molecule has 1 aromatic heterocycles. The number of esters is 1. The lowest BCUT2D eigenvalue weighted by Gasteiger charge is -2.24. The second-order valence-electron chi connectivity index (χ2n) is 7.04. The Hall–Kier alpha value is -2.41. The number of nitrogens with zero attached hydrogens (tertiary/aromatic N) is 1. The summed E-state index contributed by atoms with van der Waals surface area (Å²) >= 11 is 0. The highest BCUT2D eigenvalue weighted by Gasteiger charge is 2.30. The molecule has 0 saturated carbocycles. The van der Waals surface area contributed by atoms with Crippen LogP contribution in [0.3, 0.4) is 0 Å². The van der Waals surface area contributed by atoms with Crippen molar-refractivity contribution in [3.05, 3.63) is 53.3 Å². The van der Waals surface area contributed by atoms with Crippen molar-refractivity contribution in [1.29, 1.82) is 0 Å². The number of fused-ring (bicyclic) bond motifs is 1. The number of methoxy groups -OCH3 is 1. The van der Waals surface area contributed by atoms with Crippen LogP contribution in [0.5, 0.6) is 0 Å². The first-order valence-electron chi connectivity index (χ1n) is 9.53. The first-order chi connectivity index (χ1) is 13.4. The molecular formula is C21H25NO5S. The van der Waals surface area contributed by atoms with Crippen molar-refractivity contribution in [2.45, 2.75) is 50.0 Å². The number of carbonyl (C=O) groups excluding carboxylic acids is 2. The summed E-state index contributed by atoms with van der Waals surface area (Å²) in [5.41, 5.74) is 1.72. The van der Waals surface area contributed by atoms with Gasteiger partial charge in [-0.3, -0.25) is 9.59 Å². The first kappa shape index (κ1) is 20.3. The molecule has 0 aliphatic carbocycles. The molecule has 1 aliphatic heterocycles. The van der Waals surface area contributed by atoms with Gasteiger partial charge in [-0.05, 0) is 55.7 Å². The van der Waals surface area contributed by atoms with E-state index in [0.717, 1.165) is 18.5 Å². The van der Waals surface area contributed by atoms with Gasteiger partial charge in [-0.1, -0.05) is 13.3 Å². The van der Waals surface area contributed by atoms with Crippen molar-refractivity contribution in [3.63, 3.8) is 0 Å². The van der Waals surface area contributed by atoms with Gasteiger partial charge in [0.05, 0.1) is 29.4 Å². The van der Waals surface area contributed by atoms with Crippen LogP contribution >= 0.6 is 0 Å². The molecule has 2 heterocycles. The summed E-state index contributed by atoms with van der Waals surface area (Å²) in [4.78, 5) is 25.2. The van der Waals surface area contributed by atoms with Gasteiger partial charge >= 0.3 is 5.97 Å². The van der Waals surface area contributed by atoms with Crippen molar-refractivity contribution in [1.82, 2.24) is 4.57 Å². The molecule has 3 rings (SSSR count). The summed E-state index contributed by atoms with van der Waals surface area (Å²) in [5, 5.41) is 0. The fourth-order valence-corrected chi connectivity index (χ4v) is 5.09.